The fourth-order valence-corrected chi connectivity index (χ4v) is 3.13. The number of rotatable bonds is 11. The zero-order valence-corrected chi connectivity index (χ0v) is 15.0. The molecular weight excluding hydrogens is 302 g/mol. The first-order valence-corrected chi connectivity index (χ1v) is 9.46. The van der Waals surface area contributed by atoms with Gasteiger partial charge in [-0.25, -0.2) is 0 Å². The lowest BCUT2D eigenvalue weighted by Crippen LogP contribution is -2.49. The Morgan fingerprint density at radius 2 is 1.83 bits per heavy atom. The number of nitrogens with zero attached hydrogens (tertiary/aromatic N) is 1. The summed E-state index contributed by atoms with van der Waals surface area (Å²) in [5.74, 6) is 0. The van der Waals surface area contributed by atoms with Gasteiger partial charge < -0.3 is 14.6 Å². The van der Waals surface area contributed by atoms with Crippen LogP contribution in [0.25, 0.3) is 0 Å². The van der Waals surface area contributed by atoms with Crippen LogP contribution < -0.4 is 0 Å². The van der Waals surface area contributed by atoms with E-state index in [0.717, 1.165) is 32.7 Å². The predicted molar refractivity (Wildman–Crippen MR) is 96.8 cm³/mol. The first-order chi connectivity index (χ1) is 11.8. The van der Waals surface area contributed by atoms with Crippen molar-refractivity contribution in [3.05, 3.63) is 35.9 Å². The molecule has 1 aliphatic heterocycles. The Balaban J connectivity index is 1.69. The molecule has 0 unspecified atom stereocenters. The monoisotopic (exact) mass is 335 g/mol. The minimum atomic E-state index is -0.227. The number of morpholine rings is 1. The Labute approximate surface area is 146 Å². The SMILES string of the molecule is CCCCCCCCO[C@H]1CN(Cc2ccccc2)C[C@@H](CO)O1. The van der Waals surface area contributed by atoms with Gasteiger partial charge in [-0.05, 0) is 12.0 Å². The lowest BCUT2D eigenvalue weighted by Gasteiger charge is -2.37. The van der Waals surface area contributed by atoms with E-state index < -0.39 is 0 Å². The van der Waals surface area contributed by atoms with Gasteiger partial charge in [-0.1, -0.05) is 69.4 Å². The van der Waals surface area contributed by atoms with Crippen LogP contribution in [0.1, 0.15) is 51.0 Å². The quantitative estimate of drug-likeness (QED) is 0.628. The second-order valence-corrected chi connectivity index (χ2v) is 6.69. The van der Waals surface area contributed by atoms with E-state index in [1.54, 1.807) is 0 Å². The molecule has 0 saturated carbocycles. The van der Waals surface area contributed by atoms with E-state index >= 15 is 0 Å². The molecule has 1 aromatic rings. The van der Waals surface area contributed by atoms with Crippen molar-refractivity contribution in [1.29, 1.82) is 0 Å². The van der Waals surface area contributed by atoms with Crippen LogP contribution in [-0.2, 0) is 16.0 Å². The van der Waals surface area contributed by atoms with Gasteiger partial charge in [0.1, 0.15) is 0 Å². The smallest absolute Gasteiger partial charge is 0.170 e. The molecule has 1 saturated heterocycles. The van der Waals surface area contributed by atoms with Gasteiger partial charge >= 0.3 is 0 Å². The number of aliphatic hydroxyl groups excluding tert-OH is 1. The van der Waals surface area contributed by atoms with Gasteiger partial charge in [-0.3, -0.25) is 4.90 Å². The van der Waals surface area contributed by atoms with Crippen molar-refractivity contribution in [2.45, 2.75) is 64.4 Å². The lowest BCUT2D eigenvalue weighted by atomic mass is 10.1. The Hall–Kier alpha value is -0.940. The average Bonchev–Trinajstić information content (AvgIpc) is 2.61. The normalized spacial score (nSPS) is 21.9. The number of benzene rings is 1. The standard InChI is InChI=1S/C20H33NO3/c1-2-3-4-5-6-10-13-23-20-16-21(15-19(17-22)24-20)14-18-11-8-7-9-12-18/h7-9,11-12,19-20,22H,2-6,10,13-17H2,1H3/t19-,20+/m0/s1. The summed E-state index contributed by atoms with van der Waals surface area (Å²) in [7, 11) is 0. The second-order valence-electron chi connectivity index (χ2n) is 6.69. The zero-order valence-electron chi connectivity index (χ0n) is 15.0. The van der Waals surface area contributed by atoms with Crippen LogP contribution in [0.3, 0.4) is 0 Å². The highest BCUT2D eigenvalue weighted by Gasteiger charge is 2.27. The van der Waals surface area contributed by atoms with E-state index in [4.69, 9.17) is 9.47 Å². The van der Waals surface area contributed by atoms with Crippen molar-refractivity contribution in [2.24, 2.45) is 0 Å². The van der Waals surface area contributed by atoms with E-state index in [2.05, 4.69) is 36.1 Å². The molecule has 0 radical (unpaired) electrons. The van der Waals surface area contributed by atoms with E-state index in [1.807, 2.05) is 6.07 Å². The van der Waals surface area contributed by atoms with Gasteiger partial charge in [0.25, 0.3) is 0 Å². The molecule has 0 amide bonds. The van der Waals surface area contributed by atoms with E-state index in [-0.39, 0.29) is 19.0 Å². The maximum absolute atomic E-state index is 9.48. The summed E-state index contributed by atoms with van der Waals surface area (Å²) in [5, 5.41) is 9.48. The van der Waals surface area contributed by atoms with Crippen molar-refractivity contribution in [3.63, 3.8) is 0 Å². The molecule has 2 rings (SSSR count). The predicted octanol–water partition coefficient (Wildman–Crippen LogP) is 3.58. The van der Waals surface area contributed by atoms with Crippen LogP contribution in [0.4, 0.5) is 0 Å². The summed E-state index contributed by atoms with van der Waals surface area (Å²) < 4.78 is 11.7. The number of ether oxygens (including phenoxy) is 2. The Morgan fingerprint density at radius 1 is 1.08 bits per heavy atom. The molecule has 1 N–H and O–H groups in total. The van der Waals surface area contributed by atoms with E-state index in [9.17, 15) is 5.11 Å². The fourth-order valence-electron chi connectivity index (χ4n) is 3.13. The van der Waals surface area contributed by atoms with Crippen LogP contribution in [0.2, 0.25) is 0 Å². The summed E-state index contributed by atoms with van der Waals surface area (Å²) in [4.78, 5) is 2.31. The molecule has 1 aliphatic rings. The number of hydrogen-bond donors (Lipinski definition) is 1. The Kier molecular flexibility index (Phi) is 9.36. The molecule has 2 atom stereocenters. The maximum atomic E-state index is 9.48. The zero-order chi connectivity index (χ0) is 17.0. The average molecular weight is 335 g/mol. The van der Waals surface area contributed by atoms with Gasteiger partial charge in [0.15, 0.2) is 6.29 Å². The minimum absolute atomic E-state index is 0.0438. The summed E-state index contributed by atoms with van der Waals surface area (Å²) >= 11 is 0. The van der Waals surface area contributed by atoms with Crippen molar-refractivity contribution >= 4 is 0 Å². The topological polar surface area (TPSA) is 41.9 Å². The van der Waals surface area contributed by atoms with Crippen LogP contribution in [0.15, 0.2) is 30.3 Å². The Morgan fingerprint density at radius 3 is 2.58 bits per heavy atom. The van der Waals surface area contributed by atoms with E-state index in [1.165, 1.54) is 37.7 Å². The lowest BCUT2D eigenvalue weighted by molar-refractivity contribution is -0.218. The Bertz CT molecular complexity index is 426. The van der Waals surface area contributed by atoms with Crippen molar-refractivity contribution in [1.82, 2.24) is 4.90 Å². The van der Waals surface area contributed by atoms with Crippen LogP contribution in [-0.4, -0.2) is 48.7 Å². The molecule has 4 heteroatoms. The van der Waals surface area contributed by atoms with E-state index in [0.29, 0.717) is 0 Å². The van der Waals surface area contributed by atoms with Crippen molar-refractivity contribution in [2.75, 3.05) is 26.3 Å². The molecule has 0 bridgehead atoms. The molecule has 0 aliphatic carbocycles. The van der Waals surface area contributed by atoms with Crippen molar-refractivity contribution in [3.8, 4) is 0 Å². The molecule has 1 aromatic carbocycles. The molecule has 24 heavy (non-hydrogen) atoms. The highest BCUT2D eigenvalue weighted by molar-refractivity contribution is 5.14. The largest absolute Gasteiger partial charge is 0.394 e. The molecule has 0 spiro atoms. The highest BCUT2D eigenvalue weighted by Crippen LogP contribution is 2.16. The third kappa shape index (κ3) is 7.31. The van der Waals surface area contributed by atoms with Gasteiger partial charge in [0, 0.05) is 26.2 Å². The summed E-state index contributed by atoms with van der Waals surface area (Å²) in [5.41, 5.74) is 1.28. The molecule has 1 heterocycles. The first kappa shape index (κ1) is 19.4. The second kappa shape index (κ2) is 11.6. The minimum Gasteiger partial charge on any atom is -0.394 e. The van der Waals surface area contributed by atoms with Crippen LogP contribution in [0.5, 0.6) is 0 Å². The van der Waals surface area contributed by atoms with Crippen LogP contribution in [0, 0.1) is 0 Å². The molecular formula is C20H33NO3. The molecule has 0 aromatic heterocycles. The summed E-state index contributed by atoms with van der Waals surface area (Å²) in [6.07, 6.45) is 7.17. The summed E-state index contributed by atoms with van der Waals surface area (Å²) in [6.45, 7) is 5.42. The third-order valence-electron chi connectivity index (χ3n) is 4.47. The maximum Gasteiger partial charge on any atom is 0.170 e. The summed E-state index contributed by atoms with van der Waals surface area (Å²) in [6, 6.07) is 10.4. The number of unbranched alkanes of at least 4 members (excludes halogenated alkanes) is 5. The highest BCUT2D eigenvalue weighted by atomic mass is 16.7. The van der Waals surface area contributed by atoms with Gasteiger partial charge in [-0.15, -0.1) is 0 Å². The number of hydrogen-bond acceptors (Lipinski definition) is 4. The van der Waals surface area contributed by atoms with Crippen molar-refractivity contribution < 1.29 is 14.6 Å². The van der Waals surface area contributed by atoms with Gasteiger partial charge in [0.2, 0.25) is 0 Å². The molecule has 4 nitrogen and oxygen atoms in total. The molecule has 1 fully saturated rings. The fraction of sp³-hybridized carbons (Fsp3) is 0.700. The van der Waals surface area contributed by atoms with Crippen LogP contribution >= 0.6 is 0 Å². The van der Waals surface area contributed by atoms with Gasteiger partial charge in [-0.2, -0.15) is 0 Å². The molecule has 136 valence electrons. The first-order valence-electron chi connectivity index (χ1n) is 9.46. The van der Waals surface area contributed by atoms with Gasteiger partial charge in [0.05, 0.1) is 12.7 Å². The number of aliphatic hydroxyl groups is 1. The third-order valence-corrected chi connectivity index (χ3v) is 4.47.